The first kappa shape index (κ1) is 8.45. The fraction of sp³-hybridized carbons (Fsp3) is 0. The Morgan fingerprint density at radius 1 is 1.25 bits per heavy atom. The zero-order valence-corrected chi connectivity index (χ0v) is 5.75. The molecule has 0 saturated heterocycles. The smallest absolute Gasteiger partial charge is 0.263 e. The standard InChI is InChI=1S/C7H3F2NO2/c8-4-2-1-3-5(9)6(4)7(11)10-12/h1-3H. The number of hydrogen-bond donors (Lipinski definition) is 0. The maximum atomic E-state index is 12.6. The van der Waals surface area contributed by atoms with Crippen molar-refractivity contribution in [3.63, 3.8) is 0 Å². The molecule has 1 aromatic rings. The van der Waals surface area contributed by atoms with Crippen LogP contribution in [-0.2, 0) is 0 Å². The quantitative estimate of drug-likeness (QED) is 0.605. The van der Waals surface area contributed by atoms with Crippen LogP contribution in [0.15, 0.2) is 23.4 Å². The summed E-state index contributed by atoms with van der Waals surface area (Å²) in [5.41, 5.74) is -0.910. The van der Waals surface area contributed by atoms with Crippen molar-refractivity contribution in [3.8, 4) is 0 Å². The van der Waals surface area contributed by atoms with E-state index in [9.17, 15) is 18.5 Å². The van der Waals surface area contributed by atoms with Crippen LogP contribution in [0.25, 0.3) is 0 Å². The highest BCUT2D eigenvalue weighted by Gasteiger charge is 2.16. The first-order chi connectivity index (χ1) is 5.66. The van der Waals surface area contributed by atoms with Gasteiger partial charge in [-0.05, 0) is 12.1 Å². The van der Waals surface area contributed by atoms with Crippen molar-refractivity contribution in [2.24, 2.45) is 5.18 Å². The lowest BCUT2D eigenvalue weighted by Gasteiger charge is -1.96. The Hall–Kier alpha value is -1.65. The molecule has 0 heterocycles. The topological polar surface area (TPSA) is 46.5 Å². The van der Waals surface area contributed by atoms with Crippen molar-refractivity contribution in [1.29, 1.82) is 0 Å². The van der Waals surface area contributed by atoms with Gasteiger partial charge in [0, 0.05) is 5.18 Å². The maximum absolute atomic E-state index is 12.6. The Bertz CT molecular complexity index is 318. The second-order valence-corrected chi connectivity index (χ2v) is 1.99. The Balaban J connectivity index is 3.30. The van der Waals surface area contributed by atoms with E-state index in [1.807, 2.05) is 5.18 Å². The minimum atomic E-state index is -1.44. The van der Waals surface area contributed by atoms with Crippen LogP contribution < -0.4 is 0 Å². The van der Waals surface area contributed by atoms with E-state index in [1.54, 1.807) is 0 Å². The molecule has 0 bridgehead atoms. The number of amides is 1. The summed E-state index contributed by atoms with van der Waals surface area (Å²) < 4.78 is 25.3. The van der Waals surface area contributed by atoms with Gasteiger partial charge in [-0.15, -0.1) is 4.91 Å². The van der Waals surface area contributed by atoms with Gasteiger partial charge in [-0.1, -0.05) is 6.07 Å². The van der Waals surface area contributed by atoms with Crippen LogP contribution in [0.1, 0.15) is 10.4 Å². The molecule has 0 aliphatic heterocycles. The molecular weight excluding hydrogens is 168 g/mol. The van der Waals surface area contributed by atoms with Crippen LogP contribution in [0.4, 0.5) is 8.78 Å². The largest absolute Gasteiger partial charge is 0.322 e. The molecule has 0 saturated carbocycles. The third kappa shape index (κ3) is 1.34. The Labute approximate surface area is 66.0 Å². The second-order valence-electron chi connectivity index (χ2n) is 1.99. The first-order valence-electron chi connectivity index (χ1n) is 2.98. The average molecular weight is 171 g/mol. The Kier molecular flexibility index (Phi) is 2.23. The highest BCUT2D eigenvalue weighted by atomic mass is 19.1. The zero-order chi connectivity index (χ0) is 9.14. The molecule has 0 fully saturated rings. The van der Waals surface area contributed by atoms with Crippen LogP contribution in [0, 0.1) is 16.5 Å². The Morgan fingerprint density at radius 2 is 1.75 bits per heavy atom. The molecule has 0 aliphatic rings. The van der Waals surface area contributed by atoms with Gasteiger partial charge in [-0.3, -0.25) is 4.79 Å². The minimum Gasteiger partial charge on any atom is -0.263 e. The summed E-state index contributed by atoms with van der Waals surface area (Å²) >= 11 is 0. The first-order valence-corrected chi connectivity index (χ1v) is 2.98. The number of benzene rings is 1. The van der Waals surface area contributed by atoms with E-state index in [0.717, 1.165) is 18.2 Å². The molecule has 1 rings (SSSR count). The predicted octanol–water partition coefficient (Wildman–Crippen LogP) is 1.87. The fourth-order valence-corrected chi connectivity index (χ4v) is 0.748. The van der Waals surface area contributed by atoms with Gasteiger partial charge in [0.2, 0.25) is 0 Å². The van der Waals surface area contributed by atoms with Gasteiger partial charge in [-0.2, -0.15) is 0 Å². The van der Waals surface area contributed by atoms with Gasteiger partial charge >= 0.3 is 5.91 Å². The minimum absolute atomic E-state index is 0.876. The van der Waals surface area contributed by atoms with Gasteiger partial charge < -0.3 is 0 Å². The summed E-state index contributed by atoms with van der Waals surface area (Å²) in [6.07, 6.45) is 0. The van der Waals surface area contributed by atoms with Gasteiger partial charge in [0.15, 0.2) is 0 Å². The summed E-state index contributed by atoms with van der Waals surface area (Å²) in [6, 6.07) is 2.84. The van der Waals surface area contributed by atoms with E-state index < -0.39 is 23.1 Å². The predicted molar refractivity (Wildman–Crippen MR) is 36.5 cm³/mol. The van der Waals surface area contributed by atoms with Gasteiger partial charge in [-0.25, -0.2) is 8.78 Å². The summed E-state index contributed by atoms with van der Waals surface area (Å²) in [6.45, 7) is 0. The van der Waals surface area contributed by atoms with E-state index in [1.165, 1.54) is 0 Å². The molecule has 0 N–H and O–H groups in total. The maximum Gasteiger partial charge on any atom is 0.322 e. The lowest BCUT2D eigenvalue weighted by molar-refractivity contribution is 0.0993. The number of halogens is 2. The molecule has 0 spiro atoms. The SMILES string of the molecule is O=NC(=O)c1c(F)cccc1F. The number of carbonyl (C=O) groups is 1. The molecule has 3 nitrogen and oxygen atoms in total. The molecule has 12 heavy (non-hydrogen) atoms. The molecular formula is C7H3F2NO2. The van der Waals surface area contributed by atoms with Crippen LogP contribution in [0.3, 0.4) is 0 Å². The molecule has 62 valence electrons. The van der Waals surface area contributed by atoms with Crippen molar-refractivity contribution in [2.75, 3.05) is 0 Å². The molecule has 1 aromatic carbocycles. The second kappa shape index (κ2) is 3.17. The molecule has 5 heteroatoms. The summed E-state index contributed by atoms with van der Waals surface area (Å²) in [5, 5.41) is 1.91. The van der Waals surface area contributed by atoms with Crippen molar-refractivity contribution in [2.45, 2.75) is 0 Å². The van der Waals surface area contributed by atoms with Crippen molar-refractivity contribution >= 4 is 5.91 Å². The summed E-state index contributed by atoms with van der Waals surface area (Å²) in [4.78, 5) is 20.2. The highest BCUT2D eigenvalue weighted by Crippen LogP contribution is 2.12. The molecule has 0 atom stereocenters. The van der Waals surface area contributed by atoms with Crippen molar-refractivity contribution < 1.29 is 13.6 Å². The number of carbonyl (C=O) groups excluding carboxylic acids is 1. The summed E-state index contributed by atoms with van der Waals surface area (Å²) in [5.74, 6) is -3.61. The Morgan fingerprint density at radius 3 is 2.17 bits per heavy atom. The van der Waals surface area contributed by atoms with Crippen LogP contribution in [0.2, 0.25) is 0 Å². The fourth-order valence-electron chi connectivity index (χ4n) is 0.748. The molecule has 1 amide bonds. The average Bonchev–Trinajstić information content (AvgIpc) is 2.03. The number of nitroso groups, excluding NO2 is 1. The lowest BCUT2D eigenvalue weighted by Crippen LogP contribution is -2.01. The van der Waals surface area contributed by atoms with E-state index >= 15 is 0 Å². The lowest BCUT2D eigenvalue weighted by atomic mass is 10.2. The molecule has 0 radical (unpaired) electrons. The normalized spacial score (nSPS) is 9.50. The zero-order valence-electron chi connectivity index (χ0n) is 5.75. The highest BCUT2D eigenvalue weighted by molar-refractivity contribution is 5.95. The molecule has 0 aromatic heterocycles. The van der Waals surface area contributed by atoms with Gasteiger partial charge in [0.05, 0.1) is 0 Å². The van der Waals surface area contributed by atoms with Crippen molar-refractivity contribution in [3.05, 3.63) is 40.3 Å². The molecule has 0 unspecified atom stereocenters. The third-order valence-corrected chi connectivity index (χ3v) is 1.26. The van der Waals surface area contributed by atoms with Gasteiger partial charge in [0.25, 0.3) is 0 Å². The van der Waals surface area contributed by atoms with Crippen molar-refractivity contribution in [1.82, 2.24) is 0 Å². The van der Waals surface area contributed by atoms with Crippen LogP contribution in [0.5, 0.6) is 0 Å². The monoisotopic (exact) mass is 171 g/mol. The third-order valence-electron chi connectivity index (χ3n) is 1.26. The molecule has 0 aliphatic carbocycles. The van der Waals surface area contributed by atoms with E-state index in [-0.39, 0.29) is 0 Å². The van der Waals surface area contributed by atoms with Gasteiger partial charge in [0.1, 0.15) is 17.2 Å². The number of rotatable bonds is 1. The van der Waals surface area contributed by atoms with E-state index in [0.29, 0.717) is 0 Å². The van der Waals surface area contributed by atoms with E-state index in [2.05, 4.69) is 0 Å². The van der Waals surface area contributed by atoms with Crippen LogP contribution in [-0.4, -0.2) is 5.91 Å². The number of nitrogens with zero attached hydrogens (tertiary/aromatic N) is 1. The van der Waals surface area contributed by atoms with E-state index in [4.69, 9.17) is 0 Å². The number of hydrogen-bond acceptors (Lipinski definition) is 2. The summed E-state index contributed by atoms with van der Waals surface area (Å²) in [7, 11) is 0. The van der Waals surface area contributed by atoms with Crippen LogP contribution >= 0.6 is 0 Å².